The van der Waals surface area contributed by atoms with Crippen LogP contribution in [0.15, 0.2) is 101 Å². The molecule has 372 valence electrons. The van der Waals surface area contributed by atoms with Crippen molar-refractivity contribution in [3.63, 3.8) is 0 Å². The Kier molecular flexibility index (Phi) is 16.2. The largest absolute Gasteiger partial charge is 0.480 e. The molecule has 8 rings (SSSR count). The van der Waals surface area contributed by atoms with Gasteiger partial charge in [-0.05, 0) is 41.5 Å². The van der Waals surface area contributed by atoms with E-state index in [1.165, 1.54) is 0 Å². The maximum absolute atomic E-state index is 14.9. The molecule has 1 fully saturated rings. The number of rotatable bonds is 14. The molecule has 23 heteroatoms. The van der Waals surface area contributed by atoms with E-state index in [1.807, 2.05) is 12.2 Å². The fraction of sp³-hybridized carbons (Fsp3) is 0.426. The van der Waals surface area contributed by atoms with Crippen LogP contribution in [0.25, 0.3) is 0 Å². The molecule has 0 aromatic heterocycles. The highest BCUT2D eigenvalue weighted by Crippen LogP contribution is 2.36. The van der Waals surface area contributed by atoms with Gasteiger partial charge in [0.25, 0.3) is 5.91 Å². The van der Waals surface area contributed by atoms with E-state index in [0.717, 1.165) is 11.1 Å². The third kappa shape index (κ3) is 11.4. The summed E-state index contributed by atoms with van der Waals surface area (Å²) in [5, 5.41) is 49.6. The number of carboxylic acid groups (broad SMARTS) is 1. The fourth-order valence-corrected chi connectivity index (χ4v) is 9.38. The van der Waals surface area contributed by atoms with E-state index in [0.29, 0.717) is 35.4 Å². The van der Waals surface area contributed by atoms with E-state index in [-0.39, 0.29) is 19.3 Å². The summed E-state index contributed by atoms with van der Waals surface area (Å²) < 4.78 is 6.88. The average Bonchev–Trinajstić information content (AvgIpc) is 3.96. The first-order valence-electron chi connectivity index (χ1n) is 23.1. The van der Waals surface area contributed by atoms with Gasteiger partial charge < -0.3 is 74.5 Å². The van der Waals surface area contributed by atoms with E-state index in [2.05, 4.69) is 53.7 Å². The minimum atomic E-state index is -1.79. The monoisotopic (exact) mass is 970 g/mol. The molecule has 1 unspecified atom stereocenters. The summed E-state index contributed by atoms with van der Waals surface area (Å²) in [4.78, 5) is 113. The summed E-state index contributed by atoms with van der Waals surface area (Å²) in [5.74, 6) is -9.48. The van der Waals surface area contributed by atoms with Crippen LogP contribution in [0, 0.1) is 11.8 Å². The van der Waals surface area contributed by atoms with Crippen LogP contribution in [0.1, 0.15) is 31.2 Å². The summed E-state index contributed by atoms with van der Waals surface area (Å²) >= 11 is 0. The van der Waals surface area contributed by atoms with Crippen LogP contribution in [0.2, 0.25) is 0 Å². The number of benzene rings is 1. The zero-order valence-corrected chi connectivity index (χ0v) is 38.1. The Morgan fingerprint density at radius 1 is 0.914 bits per heavy atom. The van der Waals surface area contributed by atoms with Crippen LogP contribution >= 0.6 is 0 Å². The number of nitrogens with one attached hydrogen (secondary N) is 8. The Morgan fingerprint density at radius 3 is 2.36 bits per heavy atom. The van der Waals surface area contributed by atoms with Gasteiger partial charge in [0.05, 0.1) is 43.4 Å². The lowest BCUT2D eigenvalue weighted by Gasteiger charge is -2.36. The van der Waals surface area contributed by atoms with E-state index in [4.69, 9.17) is 10.5 Å². The average molecular weight is 971 g/mol. The number of carbonyl (C=O) groups is 8. The van der Waals surface area contributed by atoms with Crippen LogP contribution < -0.4 is 59.4 Å². The van der Waals surface area contributed by atoms with Crippen molar-refractivity contribution < 1.29 is 74.9 Å². The number of primary amides is 1. The van der Waals surface area contributed by atoms with Gasteiger partial charge in [-0.15, -0.1) is 0 Å². The molecule has 23 nitrogen and oxygen atoms in total. The summed E-state index contributed by atoms with van der Waals surface area (Å²) in [7, 11) is 0. The van der Waals surface area contributed by atoms with Crippen LogP contribution in [-0.2, 0) is 49.5 Å². The molecule has 5 heterocycles. The van der Waals surface area contributed by atoms with E-state index < -0.39 is 139 Å². The number of aliphatic hydroxyl groups is 2. The minimum Gasteiger partial charge on any atom is -0.480 e. The van der Waals surface area contributed by atoms with Gasteiger partial charge in [-0.2, -0.15) is 0 Å². The number of quaternary nitrogens is 2. The molecule has 12 atom stereocenters. The molecule has 5 aliphatic heterocycles. The topological polar surface area (TPSA) is 386 Å². The molecule has 2 aliphatic carbocycles. The summed E-state index contributed by atoms with van der Waals surface area (Å²) in [6.45, 7) is -1.56. The van der Waals surface area contributed by atoms with Crippen LogP contribution in [0.5, 0.6) is 0 Å². The lowest BCUT2D eigenvalue weighted by molar-refractivity contribution is -0.403. The second-order valence-electron chi connectivity index (χ2n) is 17.9. The number of hydrogen-bond acceptors (Lipinski definition) is 12. The third-order valence-electron chi connectivity index (χ3n) is 13.1. The normalized spacial score (nSPS) is 29.2. The van der Waals surface area contributed by atoms with Crippen molar-refractivity contribution in [3.05, 3.63) is 107 Å². The maximum atomic E-state index is 14.9. The van der Waals surface area contributed by atoms with Crippen molar-refractivity contribution in [2.24, 2.45) is 17.6 Å². The molecule has 19 N–H and O–H groups in total. The second-order valence-corrected chi connectivity index (χ2v) is 17.9. The Balaban J connectivity index is 1.27. The van der Waals surface area contributed by atoms with Crippen LogP contribution in [0.4, 0.5) is 0 Å². The molecular formula is C47H60N11O12+3. The molecule has 1 aromatic carbocycles. The Morgan fingerprint density at radius 2 is 1.66 bits per heavy atom. The molecule has 7 amide bonds. The van der Waals surface area contributed by atoms with Crippen LogP contribution in [-0.4, -0.2) is 149 Å². The molecule has 0 spiro atoms. The van der Waals surface area contributed by atoms with Gasteiger partial charge >= 0.3 is 5.97 Å². The third-order valence-corrected chi connectivity index (χ3v) is 13.1. The molecule has 1 saturated heterocycles. The van der Waals surface area contributed by atoms with Crippen LogP contribution in [0.3, 0.4) is 0 Å². The number of fused-ring (bicyclic) bond motifs is 6. The fourth-order valence-electron chi connectivity index (χ4n) is 9.38. The predicted molar refractivity (Wildman–Crippen MR) is 245 cm³/mol. The number of amides is 7. The molecule has 8 bridgehead atoms. The number of hydrogen-bond donors (Lipinski definition) is 14. The van der Waals surface area contributed by atoms with Gasteiger partial charge in [-0.1, -0.05) is 60.7 Å². The van der Waals surface area contributed by atoms with Crippen molar-refractivity contribution in [3.8, 4) is 0 Å². The zero-order valence-electron chi connectivity index (χ0n) is 38.1. The summed E-state index contributed by atoms with van der Waals surface area (Å²) in [6.07, 6.45) is 12.0. The molecule has 70 heavy (non-hydrogen) atoms. The number of aliphatic carboxylic acids is 1. The first-order chi connectivity index (χ1) is 33.6. The first-order valence-corrected chi connectivity index (χ1v) is 23.1. The minimum absolute atomic E-state index is 0.106. The van der Waals surface area contributed by atoms with Crippen molar-refractivity contribution >= 4 is 53.5 Å². The predicted octanol–water partition coefficient (Wildman–Crippen LogP) is -7.61. The van der Waals surface area contributed by atoms with Crippen molar-refractivity contribution in [1.82, 2.24) is 37.2 Å². The van der Waals surface area contributed by atoms with E-state index >= 15 is 0 Å². The molecule has 0 saturated carbocycles. The summed E-state index contributed by atoms with van der Waals surface area (Å²) in [6, 6.07) is -2.72. The standard InChI is InChI=1S/C47H57N11O12/c48-13-5-9-25-23-11-12-27-28(19-51-30(27)16-23)40-39(58-42(63)31(17-36(50)61)53-41(62)29(49)15-24-18-52-37-26(24)8-4-10-35(37)70-40)46(67)56-34(21-60)44(65)57-38(25)45(66)55-33(20-59)43(64)54-32(47(68)69)14-22-6-2-1-3-7-22/h1-4,6-8,10-12,16,18-19,23,25,29,31-35,37-40,52,59-60H,5,9,13-15,17,20-21,48-49H2,(H2,50,61)(H,53,62)(H,54,64)(H,55,66)(H,56,67)(H,57,65)(H,58,63)(H,68,69)/p+3/t23-,25+,29+,31+,32+,33+,34+,35-,37?,38+,39+,40-/m1/s1. The number of ether oxygens (including phenoxy) is 1. The lowest BCUT2D eigenvalue weighted by Crippen LogP contribution is -2.69. The smallest absolute Gasteiger partial charge is 0.326 e. The quantitative estimate of drug-likeness (QED) is 0.0825. The Bertz CT molecular complexity index is 2490. The van der Waals surface area contributed by atoms with Gasteiger partial charge in [0, 0.05) is 25.0 Å². The number of carbonyl (C=O) groups excluding carboxylic acids is 7. The van der Waals surface area contributed by atoms with Gasteiger partial charge in [-0.3, -0.25) is 33.6 Å². The number of carboxylic acids is 1. The number of nitrogens with two attached hydrogens (primary N) is 1. The maximum Gasteiger partial charge on any atom is 0.326 e. The van der Waals surface area contributed by atoms with Gasteiger partial charge in [-0.25, -0.2) is 9.79 Å². The highest BCUT2D eigenvalue weighted by atomic mass is 16.5. The number of aliphatic hydroxyl groups excluding tert-OH is 2. The highest BCUT2D eigenvalue weighted by molar-refractivity contribution is 5.99. The first kappa shape index (κ1) is 50.6. The lowest BCUT2D eigenvalue weighted by atomic mass is 9.78. The summed E-state index contributed by atoms with van der Waals surface area (Å²) in [5.41, 5.74) is 17.0. The Labute approximate surface area is 401 Å². The zero-order chi connectivity index (χ0) is 50.2. The Hall–Kier alpha value is -7.31. The number of allylic oxidation sites excluding steroid dienone is 5. The SMILES string of the molecule is NC(=O)C[C@@H]1NC(=O)[C@@H]([NH3+])CC2=CNC3C2=CC=C[C@H]3O[C@@H]2C3=C4C=C[C@H](C=C4[NH+]=C3)[C@H](CCC[NH3+])[C@@H](C(=O)N[C@@H](CO)C(=O)N[C@@H](Cc3ccccc3)C(=O)O)NC(=O)[C@H](CO)NC(=O)[C@H]2NC1=O. The molecule has 0 radical (unpaired) electrons. The molecule has 1 aromatic rings. The van der Waals surface area contributed by atoms with Gasteiger partial charge in [0.1, 0.15) is 48.5 Å². The van der Waals surface area contributed by atoms with Gasteiger partial charge in [0.15, 0.2) is 12.3 Å². The van der Waals surface area contributed by atoms with Crippen molar-refractivity contribution in [2.45, 2.75) is 92.6 Å². The van der Waals surface area contributed by atoms with Gasteiger partial charge in [0.2, 0.25) is 41.1 Å². The van der Waals surface area contributed by atoms with E-state index in [1.54, 1.807) is 67.1 Å². The van der Waals surface area contributed by atoms with Crippen molar-refractivity contribution in [1.29, 1.82) is 0 Å². The second kappa shape index (κ2) is 22.4. The van der Waals surface area contributed by atoms with E-state index in [9.17, 15) is 53.7 Å². The molecule has 7 aliphatic rings. The highest BCUT2D eigenvalue weighted by Gasteiger charge is 2.47. The molecular weight excluding hydrogens is 911 g/mol. The van der Waals surface area contributed by atoms with Crippen molar-refractivity contribution in [2.75, 3.05) is 19.8 Å².